The van der Waals surface area contributed by atoms with Crippen molar-refractivity contribution in [1.82, 2.24) is 0 Å². The fourth-order valence-corrected chi connectivity index (χ4v) is 1.93. The van der Waals surface area contributed by atoms with Crippen LogP contribution in [0.25, 0.3) is 0 Å². The maximum atomic E-state index is 12.1. The lowest BCUT2D eigenvalue weighted by atomic mass is 9.79. The van der Waals surface area contributed by atoms with Crippen LogP contribution in [0.4, 0.5) is 0 Å². The zero-order valence-electron chi connectivity index (χ0n) is 12.0. The second-order valence-electron chi connectivity index (χ2n) is 5.10. The molecule has 1 atom stereocenters. The summed E-state index contributed by atoms with van der Waals surface area (Å²) in [5, 5.41) is 10.0. The maximum Gasteiger partial charge on any atom is 0.164 e. The predicted molar refractivity (Wildman–Crippen MR) is 73.1 cm³/mol. The normalized spacial score (nSPS) is 14.8. The molecule has 0 aliphatic heterocycles. The largest absolute Gasteiger partial charge is 0.512 e. The van der Waals surface area contributed by atoms with Gasteiger partial charge >= 0.3 is 0 Å². The molecule has 0 aliphatic carbocycles. The molecule has 0 amide bonds. The topological polar surface area (TPSA) is 37.3 Å². The van der Waals surface area contributed by atoms with E-state index < -0.39 is 0 Å². The number of carbonyl (C=O) groups is 1. The van der Waals surface area contributed by atoms with Crippen molar-refractivity contribution < 1.29 is 9.90 Å². The molecule has 0 aromatic carbocycles. The highest BCUT2D eigenvalue weighted by molar-refractivity contribution is 5.94. The van der Waals surface area contributed by atoms with Crippen LogP contribution in [-0.2, 0) is 4.79 Å². The molecule has 0 saturated heterocycles. The Balaban J connectivity index is 4.82. The molecule has 0 bridgehead atoms. The smallest absolute Gasteiger partial charge is 0.164 e. The molecule has 2 nitrogen and oxygen atoms in total. The lowest BCUT2D eigenvalue weighted by Crippen LogP contribution is -2.25. The quantitative estimate of drug-likeness (QED) is 0.495. The van der Waals surface area contributed by atoms with Gasteiger partial charge in [0.1, 0.15) is 0 Å². The second-order valence-corrected chi connectivity index (χ2v) is 5.10. The van der Waals surface area contributed by atoms with Crippen LogP contribution in [0.3, 0.4) is 0 Å². The minimum absolute atomic E-state index is 0.0644. The minimum Gasteiger partial charge on any atom is -0.512 e. The molecule has 1 N–H and O–H groups in total. The molecule has 0 fully saturated rings. The monoisotopic (exact) mass is 240 g/mol. The number of aliphatic hydroxyl groups excluding tert-OH is 1. The van der Waals surface area contributed by atoms with Gasteiger partial charge in [0.25, 0.3) is 0 Å². The molecule has 0 aliphatic rings. The van der Waals surface area contributed by atoms with Crippen molar-refractivity contribution in [2.75, 3.05) is 0 Å². The third kappa shape index (κ3) is 4.53. The van der Waals surface area contributed by atoms with Gasteiger partial charge in [0.05, 0.1) is 5.76 Å². The first-order chi connectivity index (χ1) is 7.95. The van der Waals surface area contributed by atoms with Crippen LogP contribution in [0.1, 0.15) is 66.7 Å². The molecule has 0 radical (unpaired) electrons. The van der Waals surface area contributed by atoms with Crippen LogP contribution in [0.15, 0.2) is 11.8 Å². The number of allylic oxidation sites excluding steroid dienone is 2. The van der Waals surface area contributed by atoms with Gasteiger partial charge in [-0.2, -0.15) is 0 Å². The fourth-order valence-electron chi connectivity index (χ4n) is 1.93. The van der Waals surface area contributed by atoms with Crippen LogP contribution >= 0.6 is 0 Å². The van der Waals surface area contributed by atoms with Crippen molar-refractivity contribution in [3.8, 4) is 0 Å². The van der Waals surface area contributed by atoms with Crippen LogP contribution < -0.4 is 0 Å². The van der Waals surface area contributed by atoms with Crippen molar-refractivity contribution >= 4 is 5.78 Å². The lowest BCUT2D eigenvalue weighted by Gasteiger charge is -2.23. The molecule has 0 heterocycles. The van der Waals surface area contributed by atoms with Crippen LogP contribution in [0, 0.1) is 11.3 Å². The number of aliphatic hydroxyl groups is 1. The van der Waals surface area contributed by atoms with Crippen LogP contribution in [0.5, 0.6) is 0 Å². The van der Waals surface area contributed by atoms with Gasteiger partial charge in [-0.1, -0.05) is 41.0 Å². The Morgan fingerprint density at radius 2 is 1.76 bits per heavy atom. The van der Waals surface area contributed by atoms with E-state index >= 15 is 0 Å². The van der Waals surface area contributed by atoms with Gasteiger partial charge in [0, 0.05) is 17.4 Å². The Labute approximate surface area is 106 Å². The first-order valence-electron chi connectivity index (χ1n) is 6.90. The molecule has 0 spiro atoms. The summed E-state index contributed by atoms with van der Waals surface area (Å²) < 4.78 is 0. The molecule has 0 aromatic rings. The van der Waals surface area contributed by atoms with E-state index in [1.165, 1.54) is 6.08 Å². The minimum atomic E-state index is -0.321. The number of ketones is 1. The number of rotatable bonds is 8. The standard InChI is InChI=1S/C15H28O2/c1-6-10-12(7-2)13(16)11-14(17)15(5,8-3)9-4/h11-12,16H,6-10H2,1-5H3/b13-11-. The summed E-state index contributed by atoms with van der Waals surface area (Å²) in [5.41, 5.74) is -0.321. The Morgan fingerprint density at radius 3 is 2.12 bits per heavy atom. The van der Waals surface area contributed by atoms with Gasteiger partial charge in [-0.05, 0) is 25.7 Å². The van der Waals surface area contributed by atoms with Crippen molar-refractivity contribution in [1.29, 1.82) is 0 Å². The Kier molecular flexibility index (Phi) is 7.17. The third-order valence-electron chi connectivity index (χ3n) is 3.98. The van der Waals surface area contributed by atoms with E-state index in [-0.39, 0.29) is 22.9 Å². The van der Waals surface area contributed by atoms with Gasteiger partial charge < -0.3 is 5.11 Å². The molecule has 100 valence electrons. The summed E-state index contributed by atoms with van der Waals surface area (Å²) in [7, 11) is 0. The highest BCUT2D eigenvalue weighted by Gasteiger charge is 2.28. The van der Waals surface area contributed by atoms with Crippen molar-refractivity contribution in [3.63, 3.8) is 0 Å². The van der Waals surface area contributed by atoms with Crippen molar-refractivity contribution in [2.45, 2.75) is 66.7 Å². The first-order valence-corrected chi connectivity index (χ1v) is 6.90. The van der Waals surface area contributed by atoms with E-state index in [4.69, 9.17) is 0 Å². The summed E-state index contributed by atoms with van der Waals surface area (Å²) in [5.74, 6) is 0.476. The second kappa shape index (κ2) is 7.52. The highest BCUT2D eigenvalue weighted by Crippen LogP contribution is 2.28. The molecule has 2 heteroatoms. The Bertz CT molecular complexity index is 262. The SMILES string of the molecule is CCCC(CC)/C(O)=C/C(=O)C(C)(CC)CC. The van der Waals surface area contributed by atoms with E-state index in [9.17, 15) is 9.90 Å². The molecule has 0 rings (SSSR count). The summed E-state index contributed by atoms with van der Waals surface area (Å²) in [6.45, 7) is 10.2. The summed E-state index contributed by atoms with van der Waals surface area (Å²) in [6.07, 6.45) is 5.97. The molecule has 17 heavy (non-hydrogen) atoms. The molecule has 1 unspecified atom stereocenters. The number of hydrogen-bond donors (Lipinski definition) is 1. The molecule has 0 aromatic heterocycles. The van der Waals surface area contributed by atoms with E-state index in [0.717, 1.165) is 32.1 Å². The Hall–Kier alpha value is -0.790. The van der Waals surface area contributed by atoms with E-state index in [1.807, 2.05) is 27.7 Å². The van der Waals surface area contributed by atoms with E-state index in [1.54, 1.807) is 0 Å². The van der Waals surface area contributed by atoms with Crippen LogP contribution in [0.2, 0.25) is 0 Å². The summed E-state index contributed by atoms with van der Waals surface area (Å²) >= 11 is 0. The predicted octanol–water partition coefficient (Wildman–Crippen LogP) is 4.65. The summed E-state index contributed by atoms with van der Waals surface area (Å²) in [6, 6.07) is 0. The fraction of sp³-hybridized carbons (Fsp3) is 0.800. The summed E-state index contributed by atoms with van der Waals surface area (Å²) in [4.78, 5) is 12.1. The van der Waals surface area contributed by atoms with Crippen molar-refractivity contribution in [3.05, 3.63) is 11.8 Å². The zero-order valence-corrected chi connectivity index (χ0v) is 12.0. The van der Waals surface area contributed by atoms with E-state index in [2.05, 4.69) is 6.92 Å². The number of hydrogen-bond acceptors (Lipinski definition) is 2. The molecule has 0 saturated carbocycles. The third-order valence-corrected chi connectivity index (χ3v) is 3.98. The lowest BCUT2D eigenvalue weighted by molar-refractivity contribution is -0.123. The average Bonchev–Trinajstić information content (AvgIpc) is 2.34. The van der Waals surface area contributed by atoms with E-state index in [0.29, 0.717) is 0 Å². The van der Waals surface area contributed by atoms with Gasteiger partial charge in [0.15, 0.2) is 5.78 Å². The van der Waals surface area contributed by atoms with Gasteiger partial charge in [0.2, 0.25) is 0 Å². The molecular weight excluding hydrogens is 212 g/mol. The molecular formula is C15H28O2. The van der Waals surface area contributed by atoms with Crippen LogP contribution in [-0.4, -0.2) is 10.9 Å². The first kappa shape index (κ1) is 16.2. The van der Waals surface area contributed by atoms with Gasteiger partial charge in [-0.15, -0.1) is 0 Å². The number of carbonyl (C=O) groups excluding carboxylic acids is 1. The highest BCUT2D eigenvalue weighted by atomic mass is 16.3. The van der Waals surface area contributed by atoms with Crippen molar-refractivity contribution in [2.24, 2.45) is 11.3 Å². The maximum absolute atomic E-state index is 12.1. The van der Waals surface area contributed by atoms with Gasteiger partial charge in [-0.25, -0.2) is 0 Å². The average molecular weight is 240 g/mol. The zero-order chi connectivity index (χ0) is 13.5. The Morgan fingerprint density at radius 1 is 1.24 bits per heavy atom. The van der Waals surface area contributed by atoms with Gasteiger partial charge in [-0.3, -0.25) is 4.79 Å².